The predicted octanol–water partition coefficient (Wildman–Crippen LogP) is 4.11. The normalized spacial score (nSPS) is 16.1. The van der Waals surface area contributed by atoms with Crippen LogP contribution in [-0.4, -0.2) is 37.2 Å². The van der Waals surface area contributed by atoms with Crippen molar-refractivity contribution in [3.63, 3.8) is 0 Å². The highest BCUT2D eigenvalue weighted by Gasteiger charge is 2.19. The third kappa shape index (κ3) is 4.57. The highest BCUT2D eigenvalue weighted by Crippen LogP contribution is 2.25. The molecule has 0 saturated carbocycles. The second-order valence-electron chi connectivity index (χ2n) is 6.64. The van der Waals surface area contributed by atoms with Crippen LogP contribution in [0.1, 0.15) is 41.7 Å². The van der Waals surface area contributed by atoms with Crippen molar-refractivity contribution < 1.29 is 9.53 Å². The Kier molecular flexibility index (Phi) is 6.49. The molecule has 30 heavy (non-hydrogen) atoms. The van der Waals surface area contributed by atoms with Crippen LogP contribution < -0.4 is 10.1 Å². The van der Waals surface area contributed by atoms with Gasteiger partial charge in [-0.2, -0.15) is 0 Å². The topological polar surface area (TPSA) is 94.8 Å². The zero-order valence-corrected chi connectivity index (χ0v) is 19.0. The zero-order chi connectivity index (χ0) is 20.9. The van der Waals surface area contributed by atoms with Crippen molar-refractivity contribution in [2.75, 3.05) is 11.9 Å². The summed E-state index contributed by atoms with van der Waals surface area (Å²) in [6, 6.07) is 7.25. The van der Waals surface area contributed by atoms with Gasteiger partial charge in [-0.3, -0.25) is 4.79 Å². The van der Waals surface area contributed by atoms with Crippen LogP contribution in [-0.2, 0) is 0 Å². The van der Waals surface area contributed by atoms with Crippen LogP contribution in [0.3, 0.4) is 0 Å². The number of carbonyl (C=O) groups excluding carboxylic acids is 1. The summed E-state index contributed by atoms with van der Waals surface area (Å²) in [4.78, 5) is 21.9. The second kappa shape index (κ2) is 9.44. The number of pyridine rings is 2. The van der Waals surface area contributed by atoms with E-state index >= 15 is 0 Å². The van der Waals surface area contributed by atoms with Gasteiger partial charge < -0.3 is 14.6 Å². The number of fused-ring (bicyclic) bond motifs is 5. The molecule has 0 fully saturated rings. The molecule has 3 aromatic heterocycles. The molecule has 1 atom stereocenters. The third-order valence-corrected chi connectivity index (χ3v) is 5.44. The van der Waals surface area contributed by atoms with E-state index in [4.69, 9.17) is 4.74 Å². The van der Waals surface area contributed by atoms with E-state index in [-0.39, 0.29) is 17.8 Å². The van der Waals surface area contributed by atoms with E-state index in [0.717, 1.165) is 12.8 Å². The SMILES string of the molecule is CC1CCCOc2ncc(C#CSI)cc2C(=O)Nc2cccc(n2)-c2nncn21. The fourth-order valence-electron chi connectivity index (χ4n) is 3.12. The summed E-state index contributed by atoms with van der Waals surface area (Å²) in [5.74, 6) is 3.95. The van der Waals surface area contributed by atoms with E-state index in [0.29, 0.717) is 35.1 Å². The summed E-state index contributed by atoms with van der Waals surface area (Å²) in [7, 11) is 1.37. The zero-order valence-electron chi connectivity index (χ0n) is 16.0. The molecule has 1 amide bonds. The maximum absolute atomic E-state index is 13.0. The number of halogens is 1. The van der Waals surface area contributed by atoms with Crippen molar-refractivity contribution in [2.24, 2.45) is 0 Å². The Morgan fingerprint density at radius 1 is 1.40 bits per heavy atom. The molecule has 1 N–H and O–H groups in total. The molecule has 152 valence electrons. The molecule has 1 aliphatic rings. The van der Waals surface area contributed by atoms with E-state index in [2.05, 4.69) is 64.8 Å². The van der Waals surface area contributed by atoms with Crippen LogP contribution in [0, 0.1) is 11.2 Å². The van der Waals surface area contributed by atoms with Crippen molar-refractivity contribution in [1.82, 2.24) is 24.7 Å². The summed E-state index contributed by atoms with van der Waals surface area (Å²) in [6.07, 6.45) is 4.94. The molecule has 0 spiro atoms. The summed E-state index contributed by atoms with van der Waals surface area (Å²) in [5.41, 5.74) is 1.60. The summed E-state index contributed by atoms with van der Waals surface area (Å²) in [5, 5.41) is 14.0. The number of anilines is 1. The molecule has 1 aliphatic heterocycles. The fraction of sp³-hybridized carbons (Fsp3) is 0.250. The average Bonchev–Trinajstić information content (AvgIpc) is 3.25. The summed E-state index contributed by atoms with van der Waals surface area (Å²) >= 11 is 2.09. The van der Waals surface area contributed by atoms with Gasteiger partial charge in [-0.15, -0.1) is 10.2 Å². The van der Waals surface area contributed by atoms with E-state index in [9.17, 15) is 4.79 Å². The number of aromatic nitrogens is 5. The molecule has 4 rings (SSSR count). The first-order valence-electron chi connectivity index (χ1n) is 9.25. The number of carbonyl (C=O) groups is 1. The Balaban J connectivity index is 1.75. The van der Waals surface area contributed by atoms with Crippen molar-refractivity contribution in [1.29, 1.82) is 0 Å². The van der Waals surface area contributed by atoms with Crippen LogP contribution in [0.4, 0.5) is 5.82 Å². The minimum atomic E-state index is -0.361. The minimum Gasteiger partial charge on any atom is -0.477 e. The average molecular weight is 532 g/mol. The number of nitrogens with zero attached hydrogens (tertiary/aromatic N) is 5. The first-order valence-corrected chi connectivity index (χ1v) is 12.6. The smallest absolute Gasteiger partial charge is 0.262 e. The monoisotopic (exact) mass is 532 g/mol. The lowest BCUT2D eigenvalue weighted by molar-refractivity contribution is 0.102. The van der Waals surface area contributed by atoms with Gasteiger partial charge in [0.15, 0.2) is 5.82 Å². The number of rotatable bonds is 0. The van der Waals surface area contributed by atoms with Gasteiger partial charge in [0.05, 0.1) is 6.61 Å². The van der Waals surface area contributed by atoms with E-state index in [1.807, 2.05) is 16.7 Å². The van der Waals surface area contributed by atoms with Gasteiger partial charge in [0, 0.05) is 39.0 Å². The van der Waals surface area contributed by atoms with Gasteiger partial charge in [0.2, 0.25) is 5.88 Å². The lowest BCUT2D eigenvalue weighted by Gasteiger charge is -2.17. The molecule has 1 unspecified atom stereocenters. The molecule has 10 heteroatoms. The molecule has 0 saturated heterocycles. The van der Waals surface area contributed by atoms with E-state index in [1.54, 1.807) is 24.7 Å². The van der Waals surface area contributed by atoms with Crippen LogP contribution in [0.15, 0.2) is 36.8 Å². The molecule has 8 nitrogen and oxygen atoms in total. The summed E-state index contributed by atoms with van der Waals surface area (Å²) in [6.45, 7) is 2.54. The van der Waals surface area contributed by atoms with E-state index in [1.165, 1.54) is 8.93 Å². The molecular formula is C20H17IN6O2S. The Hall–Kier alpha value is -2.65. The number of nitrogens with one attached hydrogen (secondary N) is 1. The number of amides is 1. The fourth-order valence-corrected chi connectivity index (χ4v) is 3.61. The number of ether oxygens (including phenoxy) is 1. The minimum absolute atomic E-state index is 0.164. The van der Waals surface area contributed by atoms with Crippen LogP contribution in [0.5, 0.6) is 5.88 Å². The largest absolute Gasteiger partial charge is 0.477 e. The lowest BCUT2D eigenvalue weighted by Crippen LogP contribution is -2.17. The maximum atomic E-state index is 13.0. The van der Waals surface area contributed by atoms with Crippen LogP contribution >= 0.6 is 30.1 Å². The van der Waals surface area contributed by atoms with Crippen LogP contribution in [0.2, 0.25) is 0 Å². The maximum Gasteiger partial charge on any atom is 0.262 e. The first-order chi connectivity index (χ1) is 14.7. The number of hydrogen-bond donors (Lipinski definition) is 1. The standard InChI is InChI=1S/C20H17IN6O2S/c1-13-4-3-8-29-20-15(10-14(11-22-20)7-9-30-21)19(28)25-17-6-2-5-16(24-17)18-26-23-12-27(13)18/h2,5-6,10-13H,3-4,8H2,1H3,(H,24,25,28). The van der Waals surface area contributed by atoms with Crippen LogP contribution in [0.25, 0.3) is 11.5 Å². The van der Waals surface area contributed by atoms with Gasteiger partial charge in [-0.1, -0.05) is 12.0 Å². The first kappa shape index (κ1) is 20.6. The Bertz CT molecular complexity index is 1140. The lowest BCUT2D eigenvalue weighted by atomic mass is 10.1. The highest BCUT2D eigenvalue weighted by molar-refractivity contribution is 14.2. The summed E-state index contributed by atoms with van der Waals surface area (Å²) < 4.78 is 7.84. The van der Waals surface area contributed by atoms with Crippen molar-refractivity contribution in [3.8, 4) is 28.6 Å². The Labute approximate surface area is 189 Å². The van der Waals surface area contributed by atoms with Gasteiger partial charge in [-0.25, -0.2) is 9.97 Å². The third-order valence-electron chi connectivity index (χ3n) is 4.60. The highest BCUT2D eigenvalue weighted by atomic mass is 127. The van der Waals surface area contributed by atoms with Gasteiger partial charge in [-0.05, 0) is 52.2 Å². The Morgan fingerprint density at radius 3 is 3.17 bits per heavy atom. The van der Waals surface area contributed by atoms with Gasteiger partial charge in [0.1, 0.15) is 23.4 Å². The molecule has 4 heterocycles. The van der Waals surface area contributed by atoms with Crippen molar-refractivity contribution in [2.45, 2.75) is 25.8 Å². The molecule has 0 aliphatic carbocycles. The van der Waals surface area contributed by atoms with Gasteiger partial charge >= 0.3 is 0 Å². The van der Waals surface area contributed by atoms with E-state index < -0.39 is 0 Å². The molecule has 2 bridgehead atoms. The molecule has 3 aromatic rings. The van der Waals surface area contributed by atoms with Gasteiger partial charge in [0.25, 0.3) is 5.91 Å². The quantitative estimate of drug-likeness (QED) is 0.344. The predicted molar refractivity (Wildman–Crippen MR) is 123 cm³/mol. The molecule has 0 radical (unpaired) electrons. The molecular weight excluding hydrogens is 515 g/mol. The Morgan fingerprint density at radius 2 is 2.30 bits per heavy atom. The van der Waals surface area contributed by atoms with Crippen molar-refractivity contribution >= 4 is 41.9 Å². The molecule has 0 aromatic carbocycles. The second-order valence-corrected chi connectivity index (χ2v) is 8.32. The van der Waals surface area contributed by atoms with Crippen molar-refractivity contribution in [3.05, 3.63) is 47.9 Å². The number of hydrogen-bond acceptors (Lipinski definition) is 7.